The second-order valence-electron chi connectivity index (χ2n) is 7.98. The van der Waals surface area contributed by atoms with Gasteiger partial charge < -0.3 is 9.47 Å². The Labute approximate surface area is 207 Å². The number of aryl methyl sites for hydroxylation is 1. The molecule has 8 heteroatoms. The molecule has 3 aromatic rings. The SMILES string of the molecule is COc1cc(C=C2C(=N)N3N=C(c4ccc(C)cc4)SC3=NC2=O)ccc1OCc1ccccc1. The first-order chi connectivity index (χ1) is 17.0. The molecule has 3 aromatic carbocycles. The first-order valence-corrected chi connectivity index (χ1v) is 11.8. The molecule has 0 fully saturated rings. The van der Waals surface area contributed by atoms with Crippen molar-refractivity contribution in [2.75, 3.05) is 7.11 Å². The lowest BCUT2D eigenvalue weighted by Crippen LogP contribution is -2.35. The van der Waals surface area contributed by atoms with E-state index in [0.29, 0.717) is 33.9 Å². The number of carbonyl (C=O) groups is 1. The minimum atomic E-state index is -0.475. The minimum Gasteiger partial charge on any atom is -0.493 e. The Morgan fingerprint density at radius 3 is 2.54 bits per heavy atom. The van der Waals surface area contributed by atoms with E-state index in [0.717, 1.165) is 16.7 Å². The maximum atomic E-state index is 12.8. The third-order valence-electron chi connectivity index (χ3n) is 5.49. The van der Waals surface area contributed by atoms with Gasteiger partial charge in [-0.1, -0.05) is 66.2 Å². The van der Waals surface area contributed by atoms with E-state index in [1.807, 2.05) is 67.6 Å². The van der Waals surface area contributed by atoms with Crippen LogP contribution in [0.2, 0.25) is 0 Å². The zero-order valence-electron chi connectivity index (χ0n) is 19.2. The Morgan fingerprint density at radius 1 is 1.03 bits per heavy atom. The Bertz CT molecular complexity index is 1400. The van der Waals surface area contributed by atoms with Crippen molar-refractivity contribution < 1.29 is 14.3 Å². The second-order valence-corrected chi connectivity index (χ2v) is 8.93. The van der Waals surface area contributed by atoms with Crippen molar-refractivity contribution in [2.45, 2.75) is 13.5 Å². The fourth-order valence-electron chi connectivity index (χ4n) is 3.60. The predicted molar refractivity (Wildman–Crippen MR) is 139 cm³/mol. The third kappa shape index (κ3) is 4.74. The van der Waals surface area contributed by atoms with E-state index >= 15 is 0 Å². The molecule has 0 unspecified atom stereocenters. The van der Waals surface area contributed by atoms with Crippen molar-refractivity contribution in [1.82, 2.24) is 5.01 Å². The van der Waals surface area contributed by atoms with E-state index < -0.39 is 5.91 Å². The number of thioether (sulfide) groups is 1. The fourth-order valence-corrected chi connectivity index (χ4v) is 4.50. The first-order valence-electron chi connectivity index (χ1n) is 10.9. The molecular weight excluding hydrogens is 460 g/mol. The Hall–Kier alpha value is -4.17. The molecule has 1 N–H and O–H groups in total. The van der Waals surface area contributed by atoms with Gasteiger partial charge in [-0.3, -0.25) is 10.2 Å². The lowest BCUT2D eigenvalue weighted by Gasteiger charge is -2.20. The third-order valence-corrected chi connectivity index (χ3v) is 6.45. The van der Waals surface area contributed by atoms with Crippen LogP contribution in [0.5, 0.6) is 11.5 Å². The van der Waals surface area contributed by atoms with Gasteiger partial charge >= 0.3 is 0 Å². The van der Waals surface area contributed by atoms with E-state index in [4.69, 9.17) is 14.9 Å². The first kappa shape index (κ1) is 22.6. The van der Waals surface area contributed by atoms with Crippen LogP contribution in [0.1, 0.15) is 22.3 Å². The van der Waals surface area contributed by atoms with Crippen LogP contribution in [0, 0.1) is 12.3 Å². The number of hydrogen-bond acceptors (Lipinski definition) is 6. The van der Waals surface area contributed by atoms with E-state index in [2.05, 4.69) is 10.1 Å². The highest BCUT2D eigenvalue weighted by molar-refractivity contribution is 8.27. The molecule has 0 spiro atoms. The summed E-state index contributed by atoms with van der Waals surface area (Å²) in [5, 5.41) is 15.6. The maximum Gasteiger partial charge on any atom is 0.283 e. The molecule has 35 heavy (non-hydrogen) atoms. The molecule has 0 aliphatic carbocycles. The average molecular weight is 483 g/mol. The summed E-state index contributed by atoms with van der Waals surface area (Å²) in [4.78, 5) is 17.0. The standard InChI is InChI=1S/C27H22N4O3S/c1-17-8-11-20(12-9-17)26-30-31-24(28)21(25(32)29-27(31)35-26)14-19-10-13-22(23(15-19)33-2)34-16-18-6-4-3-5-7-18/h3-15,28H,16H2,1-2H3. The van der Waals surface area contributed by atoms with Gasteiger partial charge in [-0.15, -0.1) is 0 Å². The number of hydrogen-bond donors (Lipinski definition) is 1. The highest BCUT2D eigenvalue weighted by Crippen LogP contribution is 2.33. The van der Waals surface area contributed by atoms with Crippen molar-refractivity contribution in [3.8, 4) is 11.5 Å². The van der Waals surface area contributed by atoms with Crippen LogP contribution in [-0.2, 0) is 11.4 Å². The van der Waals surface area contributed by atoms with Gasteiger partial charge in [-0.25, -0.2) is 0 Å². The molecule has 0 atom stereocenters. The second kappa shape index (κ2) is 9.60. The summed E-state index contributed by atoms with van der Waals surface area (Å²) in [7, 11) is 1.56. The van der Waals surface area contributed by atoms with Crippen molar-refractivity contribution in [3.63, 3.8) is 0 Å². The van der Waals surface area contributed by atoms with E-state index in [9.17, 15) is 4.79 Å². The molecule has 2 heterocycles. The number of amides is 1. The molecule has 0 saturated heterocycles. The summed E-state index contributed by atoms with van der Waals surface area (Å²) in [6.07, 6.45) is 1.62. The zero-order valence-corrected chi connectivity index (χ0v) is 20.0. The molecule has 7 nitrogen and oxygen atoms in total. The van der Waals surface area contributed by atoms with Crippen LogP contribution >= 0.6 is 11.8 Å². The molecule has 0 saturated carbocycles. The van der Waals surface area contributed by atoms with E-state index in [-0.39, 0.29) is 11.4 Å². The average Bonchev–Trinajstić information content (AvgIpc) is 3.30. The van der Waals surface area contributed by atoms with Gasteiger partial charge in [0.2, 0.25) is 5.17 Å². The number of nitrogens with one attached hydrogen (secondary N) is 1. The van der Waals surface area contributed by atoms with Gasteiger partial charge in [0.05, 0.1) is 12.7 Å². The number of ether oxygens (including phenoxy) is 2. The number of nitrogens with zero attached hydrogens (tertiary/aromatic N) is 3. The quantitative estimate of drug-likeness (QED) is 0.485. The number of benzene rings is 3. The highest BCUT2D eigenvalue weighted by Gasteiger charge is 2.36. The number of amidine groups is 2. The van der Waals surface area contributed by atoms with Gasteiger partial charge in [-0.2, -0.15) is 15.1 Å². The van der Waals surface area contributed by atoms with Gasteiger partial charge in [0.1, 0.15) is 11.7 Å². The minimum absolute atomic E-state index is 0.0158. The van der Waals surface area contributed by atoms with E-state index in [1.165, 1.54) is 16.8 Å². The van der Waals surface area contributed by atoms with Crippen molar-refractivity contribution >= 4 is 39.8 Å². The summed E-state index contributed by atoms with van der Waals surface area (Å²) in [5.41, 5.74) is 3.95. The number of methoxy groups -OCH3 is 1. The number of hydrazone groups is 1. The molecule has 2 aliphatic heterocycles. The smallest absolute Gasteiger partial charge is 0.283 e. The van der Waals surface area contributed by atoms with Gasteiger partial charge in [0.15, 0.2) is 17.3 Å². The topological polar surface area (TPSA) is 87.3 Å². The lowest BCUT2D eigenvalue weighted by atomic mass is 10.1. The molecule has 1 amide bonds. The van der Waals surface area contributed by atoms with Gasteiger partial charge in [0, 0.05) is 5.56 Å². The Morgan fingerprint density at radius 2 is 1.80 bits per heavy atom. The summed E-state index contributed by atoms with van der Waals surface area (Å²) in [6.45, 7) is 2.43. The molecule has 2 aliphatic rings. The highest BCUT2D eigenvalue weighted by atomic mass is 32.2. The number of fused-ring (bicyclic) bond motifs is 1. The van der Waals surface area contributed by atoms with Crippen LogP contribution in [0.3, 0.4) is 0 Å². The van der Waals surface area contributed by atoms with Crippen LogP contribution in [-0.4, -0.2) is 34.1 Å². The largest absolute Gasteiger partial charge is 0.493 e. The van der Waals surface area contributed by atoms with Crippen LogP contribution in [0.15, 0.2) is 88.5 Å². The van der Waals surface area contributed by atoms with Crippen LogP contribution in [0.25, 0.3) is 6.08 Å². The number of aliphatic imine (C=N–C) groups is 1. The molecule has 0 bridgehead atoms. The summed E-state index contributed by atoms with van der Waals surface area (Å²) in [6, 6.07) is 23.2. The summed E-state index contributed by atoms with van der Waals surface area (Å²) in [5.74, 6) is 0.633. The summed E-state index contributed by atoms with van der Waals surface area (Å²) < 4.78 is 11.4. The van der Waals surface area contributed by atoms with E-state index in [1.54, 1.807) is 25.3 Å². The molecule has 0 aromatic heterocycles. The lowest BCUT2D eigenvalue weighted by molar-refractivity contribution is -0.114. The number of rotatable bonds is 6. The normalized spacial score (nSPS) is 16.2. The Balaban J connectivity index is 1.38. The Kier molecular flexibility index (Phi) is 6.20. The van der Waals surface area contributed by atoms with Crippen LogP contribution < -0.4 is 9.47 Å². The van der Waals surface area contributed by atoms with Crippen molar-refractivity contribution in [1.29, 1.82) is 5.41 Å². The number of carbonyl (C=O) groups excluding carboxylic acids is 1. The zero-order chi connectivity index (χ0) is 24.4. The van der Waals surface area contributed by atoms with Gasteiger partial charge in [0.25, 0.3) is 5.91 Å². The monoisotopic (exact) mass is 482 g/mol. The van der Waals surface area contributed by atoms with Gasteiger partial charge in [-0.05, 0) is 48.0 Å². The molecule has 174 valence electrons. The maximum absolute atomic E-state index is 12.8. The predicted octanol–water partition coefficient (Wildman–Crippen LogP) is 5.25. The summed E-state index contributed by atoms with van der Waals surface area (Å²) >= 11 is 1.28. The molecule has 0 radical (unpaired) electrons. The van der Waals surface area contributed by atoms with Crippen molar-refractivity contribution in [2.24, 2.45) is 10.1 Å². The molecule has 5 rings (SSSR count). The van der Waals surface area contributed by atoms with Crippen LogP contribution in [0.4, 0.5) is 0 Å². The molecular formula is C27H22N4O3S. The fraction of sp³-hybridized carbons (Fsp3) is 0.111. The van der Waals surface area contributed by atoms with Crippen molar-refractivity contribution in [3.05, 3.63) is 101 Å².